The predicted molar refractivity (Wildman–Crippen MR) is 108 cm³/mol. The van der Waals surface area contributed by atoms with E-state index >= 15 is 0 Å². The third-order valence-electron chi connectivity index (χ3n) is 5.29. The van der Waals surface area contributed by atoms with Crippen LogP contribution in [0.1, 0.15) is 25.3 Å². The Morgan fingerprint density at radius 3 is 2.57 bits per heavy atom. The van der Waals surface area contributed by atoms with Crippen molar-refractivity contribution >= 4 is 23.0 Å². The first-order valence-electron chi connectivity index (χ1n) is 9.88. The van der Waals surface area contributed by atoms with E-state index in [1.54, 1.807) is 4.90 Å². The number of ether oxygens (including phenoxy) is 1. The molecule has 0 aliphatic carbocycles. The minimum absolute atomic E-state index is 0.204. The lowest BCUT2D eigenvalue weighted by molar-refractivity contribution is -0.274. The Morgan fingerprint density at radius 1 is 1.13 bits per heavy atom. The highest BCUT2D eigenvalue weighted by atomic mass is 19.4. The number of hydrogen-bond acceptors (Lipinski definition) is 4. The molecule has 1 amide bonds. The van der Waals surface area contributed by atoms with E-state index in [9.17, 15) is 18.0 Å². The fourth-order valence-electron chi connectivity index (χ4n) is 3.98. The van der Waals surface area contributed by atoms with Gasteiger partial charge in [-0.25, -0.2) is 4.99 Å². The van der Waals surface area contributed by atoms with Gasteiger partial charge in [-0.05, 0) is 55.6 Å². The number of anilines is 1. The Balaban J connectivity index is 1.58. The lowest BCUT2D eigenvalue weighted by Crippen LogP contribution is -2.45. The Bertz CT molecular complexity index is 957. The molecule has 0 bridgehead atoms. The fraction of sp³-hybridized carbons (Fsp3) is 0.364. The van der Waals surface area contributed by atoms with Crippen LogP contribution in [0.2, 0.25) is 0 Å². The summed E-state index contributed by atoms with van der Waals surface area (Å²) in [5, 5.41) is 0. The summed E-state index contributed by atoms with van der Waals surface area (Å²) >= 11 is 0. The first-order chi connectivity index (χ1) is 14.3. The molecular weight excluding hydrogens is 395 g/mol. The molecule has 8 heteroatoms. The number of nitrogens with zero attached hydrogens (tertiary/aromatic N) is 3. The van der Waals surface area contributed by atoms with Crippen LogP contribution in [-0.2, 0) is 4.79 Å². The number of aliphatic imine (C=N–C) groups is 1. The first kappa shape index (κ1) is 20.4. The number of amides is 1. The zero-order valence-corrected chi connectivity index (χ0v) is 16.5. The maximum absolute atomic E-state index is 13.2. The van der Waals surface area contributed by atoms with Crippen LogP contribution in [0.25, 0.3) is 0 Å². The molecule has 0 radical (unpaired) electrons. The molecule has 0 unspecified atom stereocenters. The second-order valence-corrected chi connectivity index (χ2v) is 7.72. The minimum atomic E-state index is -4.75. The van der Waals surface area contributed by atoms with Crippen LogP contribution < -0.4 is 9.64 Å². The highest BCUT2D eigenvalue weighted by molar-refractivity contribution is 6.54. The van der Waals surface area contributed by atoms with Gasteiger partial charge in [0.15, 0.2) is 0 Å². The van der Waals surface area contributed by atoms with Gasteiger partial charge in [-0.15, -0.1) is 13.2 Å². The van der Waals surface area contributed by atoms with Crippen molar-refractivity contribution < 1.29 is 22.7 Å². The molecule has 1 saturated heterocycles. The number of halogens is 3. The number of hydrogen-bond donors (Lipinski definition) is 0. The summed E-state index contributed by atoms with van der Waals surface area (Å²) in [6.07, 6.45) is -2.44. The first-order valence-corrected chi connectivity index (χ1v) is 9.88. The lowest BCUT2D eigenvalue weighted by atomic mass is 10.0. The van der Waals surface area contributed by atoms with Crippen molar-refractivity contribution in [3.63, 3.8) is 0 Å². The molecule has 2 aromatic carbocycles. The average molecular weight is 417 g/mol. The molecule has 1 fully saturated rings. The van der Waals surface area contributed by atoms with Crippen LogP contribution in [0.3, 0.4) is 0 Å². The monoisotopic (exact) mass is 417 g/mol. The van der Waals surface area contributed by atoms with Gasteiger partial charge < -0.3 is 4.74 Å². The van der Waals surface area contributed by atoms with Crippen molar-refractivity contribution in [2.45, 2.75) is 26.1 Å². The van der Waals surface area contributed by atoms with Crippen molar-refractivity contribution in [1.29, 1.82) is 0 Å². The van der Waals surface area contributed by atoms with Crippen molar-refractivity contribution in [2.24, 2.45) is 10.9 Å². The van der Waals surface area contributed by atoms with Crippen LogP contribution in [0, 0.1) is 5.92 Å². The molecule has 30 heavy (non-hydrogen) atoms. The predicted octanol–water partition coefficient (Wildman–Crippen LogP) is 4.74. The number of rotatable bonds is 4. The molecular formula is C22H22F3N3O2. The van der Waals surface area contributed by atoms with E-state index in [-0.39, 0.29) is 11.7 Å². The molecule has 0 aromatic heterocycles. The number of fused-ring (bicyclic) bond motifs is 1. The summed E-state index contributed by atoms with van der Waals surface area (Å²) in [7, 11) is 0. The van der Waals surface area contributed by atoms with Gasteiger partial charge in [-0.2, -0.15) is 0 Å². The maximum atomic E-state index is 13.2. The van der Waals surface area contributed by atoms with Gasteiger partial charge in [0.1, 0.15) is 11.5 Å². The van der Waals surface area contributed by atoms with Crippen LogP contribution >= 0.6 is 0 Å². The largest absolute Gasteiger partial charge is 0.573 e. The lowest BCUT2D eigenvalue weighted by Gasteiger charge is -2.33. The van der Waals surface area contributed by atoms with Crippen LogP contribution in [-0.4, -0.2) is 42.6 Å². The van der Waals surface area contributed by atoms with E-state index < -0.39 is 6.36 Å². The van der Waals surface area contributed by atoms with E-state index in [0.717, 1.165) is 30.8 Å². The van der Waals surface area contributed by atoms with Gasteiger partial charge in [0, 0.05) is 12.1 Å². The van der Waals surface area contributed by atoms with Gasteiger partial charge >= 0.3 is 6.36 Å². The highest BCUT2D eigenvalue weighted by Gasteiger charge is 2.35. The third-order valence-corrected chi connectivity index (χ3v) is 5.29. The van der Waals surface area contributed by atoms with Gasteiger partial charge in [-0.3, -0.25) is 14.6 Å². The summed E-state index contributed by atoms with van der Waals surface area (Å²) in [6, 6.07) is 12.6. The number of carbonyl (C=O) groups is 1. The number of benzene rings is 2. The summed E-state index contributed by atoms with van der Waals surface area (Å²) in [4.78, 5) is 21.6. The SMILES string of the molecule is C[C@@H]1CCCN(CN2C(=O)C(=Nc3ccc(OC(F)(F)F)cc3)c3ccccc32)C1. The molecule has 2 aromatic rings. The molecule has 0 N–H and O–H groups in total. The van der Waals surface area contributed by atoms with E-state index in [1.807, 2.05) is 24.3 Å². The normalized spacial score (nSPS) is 21.2. The Hall–Kier alpha value is -2.87. The van der Waals surface area contributed by atoms with E-state index in [4.69, 9.17) is 0 Å². The molecule has 0 saturated carbocycles. The molecule has 5 nitrogen and oxygen atoms in total. The number of carbonyl (C=O) groups excluding carboxylic acids is 1. The number of para-hydroxylation sites is 1. The van der Waals surface area contributed by atoms with Crippen molar-refractivity contribution in [3.05, 3.63) is 54.1 Å². The summed E-state index contributed by atoms with van der Waals surface area (Å²) < 4.78 is 40.9. The zero-order chi connectivity index (χ0) is 21.3. The molecule has 4 rings (SSSR count). The topological polar surface area (TPSA) is 45.1 Å². The quantitative estimate of drug-likeness (QED) is 0.722. The van der Waals surface area contributed by atoms with Crippen LogP contribution in [0.5, 0.6) is 5.75 Å². The summed E-state index contributed by atoms with van der Waals surface area (Å²) in [5.74, 6) is 0.0627. The molecule has 2 aliphatic heterocycles. The zero-order valence-electron chi connectivity index (χ0n) is 16.5. The average Bonchev–Trinajstić information content (AvgIpc) is 2.94. The Labute approximate surface area is 172 Å². The van der Waals surface area contributed by atoms with Crippen molar-refractivity contribution in [3.8, 4) is 5.75 Å². The summed E-state index contributed by atoms with van der Waals surface area (Å²) in [5.41, 5.74) is 2.20. The third kappa shape index (κ3) is 4.48. The highest BCUT2D eigenvalue weighted by Crippen LogP contribution is 2.32. The van der Waals surface area contributed by atoms with E-state index in [2.05, 4.69) is 21.6 Å². The van der Waals surface area contributed by atoms with E-state index in [1.165, 1.54) is 30.7 Å². The van der Waals surface area contributed by atoms with Gasteiger partial charge in [0.05, 0.1) is 18.0 Å². The molecule has 158 valence electrons. The van der Waals surface area contributed by atoms with Crippen molar-refractivity contribution in [1.82, 2.24) is 4.90 Å². The van der Waals surface area contributed by atoms with E-state index in [0.29, 0.717) is 24.0 Å². The maximum Gasteiger partial charge on any atom is 0.573 e. The van der Waals surface area contributed by atoms with Gasteiger partial charge in [0.25, 0.3) is 5.91 Å². The van der Waals surface area contributed by atoms with Gasteiger partial charge in [-0.1, -0.05) is 25.1 Å². The Morgan fingerprint density at radius 2 is 1.87 bits per heavy atom. The second kappa shape index (κ2) is 8.10. The number of alkyl halides is 3. The van der Waals surface area contributed by atoms with Crippen molar-refractivity contribution in [2.75, 3.05) is 24.7 Å². The molecule has 0 spiro atoms. The van der Waals surface area contributed by atoms with Gasteiger partial charge in [0.2, 0.25) is 0 Å². The molecule has 2 heterocycles. The number of likely N-dealkylation sites (tertiary alicyclic amines) is 1. The standard InChI is InChI=1S/C22H22F3N3O2/c1-15-5-4-12-27(13-15)14-28-19-7-3-2-6-18(19)20(21(28)29)26-16-8-10-17(11-9-16)30-22(23,24)25/h2-3,6-11,15H,4-5,12-14H2,1H3/t15-/m1/s1. The second-order valence-electron chi connectivity index (χ2n) is 7.72. The van der Waals surface area contributed by atoms with Crippen LogP contribution in [0.4, 0.5) is 24.5 Å². The molecule has 1 atom stereocenters. The Kier molecular flexibility index (Phi) is 5.51. The minimum Gasteiger partial charge on any atom is -0.406 e. The molecule has 2 aliphatic rings. The smallest absolute Gasteiger partial charge is 0.406 e. The fourth-order valence-corrected chi connectivity index (χ4v) is 3.98. The van der Waals surface area contributed by atoms with Crippen LogP contribution in [0.15, 0.2) is 53.5 Å². The summed E-state index contributed by atoms with van der Waals surface area (Å²) in [6.45, 7) is 4.60. The number of piperidine rings is 1.